The molecule has 5 nitrogen and oxygen atoms in total. The van der Waals surface area contributed by atoms with Crippen LogP contribution in [0.5, 0.6) is 5.75 Å². The van der Waals surface area contributed by atoms with Crippen LogP contribution >= 0.6 is 12.2 Å². The van der Waals surface area contributed by atoms with Gasteiger partial charge in [0.2, 0.25) is 5.91 Å². The van der Waals surface area contributed by atoms with Crippen LogP contribution in [0.15, 0.2) is 18.2 Å². The predicted molar refractivity (Wildman–Crippen MR) is 86.1 cm³/mol. The van der Waals surface area contributed by atoms with Crippen LogP contribution < -0.4 is 16.2 Å². The van der Waals surface area contributed by atoms with E-state index in [4.69, 9.17) is 28.4 Å². The lowest BCUT2D eigenvalue weighted by Crippen LogP contribution is -2.38. The predicted octanol–water partition coefficient (Wildman–Crippen LogP) is 1.03. The van der Waals surface area contributed by atoms with E-state index in [1.165, 1.54) is 0 Å². The van der Waals surface area contributed by atoms with Crippen molar-refractivity contribution < 1.29 is 9.53 Å². The summed E-state index contributed by atoms with van der Waals surface area (Å²) in [6.45, 7) is 2.58. The molecular formula is C15H21N3O2S. The van der Waals surface area contributed by atoms with Gasteiger partial charge in [0.25, 0.3) is 0 Å². The average molecular weight is 307 g/mol. The standard InChI is InChI=1S/C15H21N3O2S/c1-20-13-8-10(2-3-12(13)15(17)21)9-18-6-4-11(5-7-18)14(16)19/h2-3,8,11H,4-7,9H2,1H3,(H2,16,19)(H2,17,21). The van der Waals surface area contributed by atoms with Gasteiger partial charge in [0.1, 0.15) is 10.7 Å². The summed E-state index contributed by atoms with van der Waals surface area (Å²) in [5.41, 5.74) is 12.9. The van der Waals surface area contributed by atoms with E-state index in [2.05, 4.69) is 4.90 Å². The molecule has 1 aromatic carbocycles. The van der Waals surface area contributed by atoms with Gasteiger partial charge in [-0.3, -0.25) is 9.69 Å². The number of likely N-dealkylation sites (tertiary alicyclic amines) is 1. The Labute approximate surface area is 130 Å². The average Bonchev–Trinajstić information content (AvgIpc) is 2.47. The van der Waals surface area contributed by atoms with Crippen molar-refractivity contribution in [1.29, 1.82) is 0 Å². The molecule has 21 heavy (non-hydrogen) atoms. The number of primary amides is 1. The first-order valence-corrected chi connectivity index (χ1v) is 7.40. The molecular weight excluding hydrogens is 286 g/mol. The number of hydrogen-bond acceptors (Lipinski definition) is 4. The van der Waals surface area contributed by atoms with E-state index in [9.17, 15) is 4.79 Å². The van der Waals surface area contributed by atoms with Gasteiger partial charge >= 0.3 is 0 Å². The van der Waals surface area contributed by atoms with E-state index in [1.54, 1.807) is 7.11 Å². The molecule has 0 aromatic heterocycles. The molecule has 1 amide bonds. The Balaban J connectivity index is 2.01. The lowest BCUT2D eigenvalue weighted by molar-refractivity contribution is -0.123. The van der Waals surface area contributed by atoms with Gasteiger partial charge in [-0.05, 0) is 43.6 Å². The summed E-state index contributed by atoms with van der Waals surface area (Å²) in [6, 6.07) is 5.87. The second kappa shape index (κ2) is 6.87. The van der Waals surface area contributed by atoms with Crippen molar-refractivity contribution in [2.45, 2.75) is 19.4 Å². The summed E-state index contributed by atoms with van der Waals surface area (Å²) in [4.78, 5) is 13.8. The Kier molecular flexibility index (Phi) is 5.14. The van der Waals surface area contributed by atoms with E-state index in [0.29, 0.717) is 10.7 Å². The number of rotatable bonds is 5. The van der Waals surface area contributed by atoms with Crippen LogP contribution in [0.4, 0.5) is 0 Å². The lowest BCUT2D eigenvalue weighted by atomic mass is 9.96. The van der Waals surface area contributed by atoms with Crippen molar-refractivity contribution in [2.75, 3.05) is 20.2 Å². The van der Waals surface area contributed by atoms with Crippen molar-refractivity contribution in [3.8, 4) is 5.75 Å². The fraction of sp³-hybridized carbons (Fsp3) is 0.467. The van der Waals surface area contributed by atoms with Gasteiger partial charge in [-0.25, -0.2) is 0 Å². The topological polar surface area (TPSA) is 81.6 Å². The zero-order valence-corrected chi connectivity index (χ0v) is 13.0. The first-order valence-electron chi connectivity index (χ1n) is 6.99. The Morgan fingerprint density at radius 1 is 1.38 bits per heavy atom. The van der Waals surface area contributed by atoms with E-state index < -0.39 is 0 Å². The Morgan fingerprint density at radius 3 is 2.57 bits per heavy atom. The molecule has 0 saturated carbocycles. The smallest absolute Gasteiger partial charge is 0.220 e. The number of nitrogens with two attached hydrogens (primary N) is 2. The second-order valence-corrected chi connectivity index (χ2v) is 5.79. The van der Waals surface area contributed by atoms with Crippen LogP contribution in [0.3, 0.4) is 0 Å². The normalized spacial score (nSPS) is 16.6. The van der Waals surface area contributed by atoms with Gasteiger partial charge in [-0.1, -0.05) is 18.3 Å². The molecule has 114 valence electrons. The highest BCUT2D eigenvalue weighted by atomic mass is 32.1. The molecule has 2 rings (SSSR count). The van der Waals surface area contributed by atoms with E-state index in [0.717, 1.165) is 43.6 Å². The molecule has 1 heterocycles. The van der Waals surface area contributed by atoms with Gasteiger partial charge in [0.05, 0.1) is 12.7 Å². The summed E-state index contributed by atoms with van der Waals surface area (Å²) < 4.78 is 5.34. The maximum absolute atomic E-state index is 11.2. The van der Waals surface area contributed by atoms with Crippen LogP contribution in [0.2, 0.25) is 0 Å². The Hall–Kier alpha value is -1.66. The molecule has 6 heteroatoms. The molecule has 0 atom stereocenters. The van der Waals surface area contributed by atoms with E-state index >= 15 is 0 Å². The quantitative estimate of drug-likeness (QED) is 0.794. The molecule has 4 N–H and O–H groups in total. The fourth-order valence-electron chi connectivity index (χ4n) is 2.67. The second-order valence-electron chi connectivity index (χ2n) is 5.35. The van der Waals surface area contributed by atoms with Crippen molar-refractivity contribution in [2.24, 2.45) is 17.4 Å². The van der Waals surface area contributed by atoms with Gasteiger partial charge in [-0.15, -0.1) is 0 Å². The molecule has 0 spiro atoms. The van der Waals surface area contributed by atoms with Crippen molar-refractivity contribution in [1.82, 2.24) is 4.90 Å². The number of carbonyl (C=O) groups excluding carboxylic acids is 1. The fourth-order valence-corrected chi connectivity index (χ4v) is 2.84. The minimum Gasteiger partial charge on any atom is -0.496 e. The van der Waals surface area contributed by atoms with E-state index in [-0.39, 0.29) is 11.8 Å². The molecule has 1 fully saturated rings. The number of carbonyl (C=O) groups is 1. The minimum absolute atomic E-state index is 0.0211. The number of nitrogens with zero attached hydrogens (tertiary/aromatic N) is 1. The monoisotopic (exact) mass is 307 g/mol. The van der Waals surface area contributed by atoms with Crippen LogP contribution in [0.1, 0.15) is 24.0 Å². The maximum Gasteiger partial charge on any atom is 0.220 e. The van der Waals surface area contributed by atoms with Crippen molar-refractivity contribution in [3.63, 3.8) is 0 Å². The molecule has 1 saturated heterocycles. The first kappa shape index (κ1) is 15.7. The zero-order chi connectivity index (χ0) is 15.4. The van der Waals surface area contributed by atoms with Gasteiger partial charge in [0, 0.05) is 12.5 Å². The first-order chi connectivity index (χ1) is 10.0. The van der Waals surface area contributed by atoms with Crippen LogP contribution in [0.25, 0.3) is 0 Å². The summed E-state index contributed by atoms with van der Waals surface area (Å²) in [5.74, 6) is 0.539. The molecule has 0 aliphatic carbocycles. The molecule has 1 aliphatic heterocycles. The minimum atomic E-state index is -0.183. The number of amides is 1. The van der Waals surface area contributed by atoms with Gasteiger partial charge in [0.15, 0.2) is 0 Å². The summed E-state index contributed by atoms with van der Waals surface area (Å²) >= 11 is 5.00. The van der Waals surface area contributed by atoms with Crippen LogP contribution in [-0.4, -0.2) is 36.0 Å². The SMILES string of the molecule is COc1cc(CN2CCC(C(N)=O)CC2)ccc1C(N)=S. The van der Waals surface area contributed by atoms with Crippen LogP contribution in [-0.2, 0) is 11.3 Å². The van der Waals surface area contributed by atoms with Crippen molar-refractivity contribution >= 4 is 23.1 Å². The summed E-state index contributed by atoms with van der Waals surface area (Å²) in [7, 11) is 1.61. The molecule has 1 aromatic rings. The maximum atomic E-state index is 11.2. The van der Waals surface area contributed by atoms with Crippen molar-refractivity contribution in [3.05, 3.63) is 29.3 Å². The molecule has 1 aliphatic rings. The zero-order valence-electron chi connectivity index (χ0n) is 12.2. The number of thiocarbonyl (C=S) groups is 1. The summed E-state index contributed by atoms with van der Waals surface area (Å²) in [5, 5.41) is 0. The number of piperidine rings is 1. The highest BCUT2D eigenvalue weighted by Crippen LogP contribution is 2.23. The Morgan fingerprint density at radius 2 is 2.05 bits per heavy atom. The largest absolute Gasteiger partial charge is 0.496 e. The molecule has 0 unspecified atom stereocenters. The number of benzene rings is 1. The Bertz CT molecular complexity index is 540. The number of hydrogen-bond donors (Lipinski definition) is 2. The molecule has 0 radical (unpaired) electrons. The lowest BCUT2D eigenvalue weighted by Gasteiger charge is -2.30. The third kappa shape index (κ3) is 3.92. The third-order valence-electron chi connectivity index (χ3n) is 3.93. The number of ether oxygens (including phenoxy) is 1. The van der Waals surface area contributed by atoms with Gasteiger partial charge in [-0.2, -0.15) is 0 Å². The number of methoxy groups -OCH3 is 1. The highest BCUT2D eigenvalue weighted by molar-refractivity contribution is 7.80. The van der Waals surface area contributed by atoms with E-state index in [1.807, 2.05) is 18.2 Å². The van der Waals surface area contributed by atoms with Gasteiger partial charge < -0.3 is 16.2 Å². The molecule has 0 bridgehead atoms. The summed E-state index contributed by atoms with van der Waals surface area (Å²) in [6.07, 6.45) is 1.66. The highest BCUT2D eigenvalue weighted by Gasteiger charge is 2.23. The third-order valence-corrected chi connectivity index (χ3v) is 4.15. The van der Waals surface area contributed by atoms with Crippen LogP contribution in [0, 0.1) is 5.92 Å².